The van der Waals surface area contributed by atoms with Gasteiger partial charge in [-0.2, -0.15) is 0 Å². The fourth-order valence-electron chi connectivity index (χ4n) is 3.41. The van der Waals surface area contributed by atoms with E-state index in [0.29, 0.717) is 0 Å². The summed E-state index contributed by atoms with van der Waals surface area (Å²) < 4.78 is 0. The molecule has 0 aromatic heterocycles. The van der Waals surface area contributed by atoms with E-state index in [4.69, 9.17) is 0 Å². The first kappa shape index (κ1) is 12.9. The fourth-order valence-corrected chi connectivity index (χ4v) is 3.41. The minimum absolute atomic E-state index is 0.726. The van der Waals surface area contributed by atoms with Crippen molar-refractivity contribution < 1.29 is 0 Å². The van der Waals surface area contributed by atoms with Gasteiger partial charge in [0, 0.05) is 44.5 Å². The van der Waals surface area contributed by atoms with Gasteiger partial charge >= 0.3 is 0 Å². The molecule has 3 heteroatoms. The summed E-state index contributed by atoms with van der Waals surface area (Å²) in [6, 6.07) is 9.63. The van der Waals surface area contributed by atoms with Crippen molar-refractivity contribution in [1.82, 2.24) is 10.2 Å². The highest BCUT2D eigenvalue weighted by molar-refractivity contribution is 5.55. The van der Waals surface area contributed by atoms with Gasteiger partial charge in [-0.15, -0.1) is 0 Å². The number of hydrogen-bond donors (Lipinski definition) is 1. The maximum absolute atomic E-state index is 3.54. The number of likely N-dealkylation sites (tertiary alicyclic amines) is 1. The molecule has 0 unspecified atom stereocenters. The van der Waals surface area contributed by atoms with Gasteiger partial charge in [0.05, 0.1) is 0 Å². The lowest BCUT2D eigenvalue weighted by Crippen LogP contribution is -2.46. The molecule has 1 aromatic rings. The smallest absolute Gasteiger partial charge is 0.0414 e. The summed E-state index contributed by atoms with van der Waals surface area (Å²) in [6.07, 6.45) is 2.62. The van der Waals surface area contributed by atoms with E-state index < -0.39 is 0 Å². The number of benzene rings is 1. The molecule has 1 N–H and O–H groups in total. The van der Waals surface area contributed by atoms with Gasteiger partial charge in [-0.25, -0.2) is 0 Å². The molecule has 0 spiro atoms. The molecule has 104 valence electrons. The van der Waals surface area contributed by atoms with Crippen LogP contribution >= 0.6 is 0 Å². The molecule has 0 bridgehead atoms. The quantitative estimate of drug-likeness (QED) is 0.877. The van der Waals surface area contributed by atoms with Crippen molar-refractivity contribution in [2.45, 2.75) is 32.4 Å². The Morgan fingerprint density at radius 1 is 1.16 bits per heavy atom. The molecule has 3 rings (SSSR count). The van der Waals surface area contributed by atoms with Crippen LogP contribution in [0.5, 0.6) is 0 Å². The molecule has 0 aliphatic carbocycles. The van der Waals surface area contributed by atoms with E-state index in [1.807, 2.05) is 0 Å². The summed E-state index contributed by atoms with van der Waals surface area (Å²) >= 11 is 0. The minimum atomic E-state index is 0.726. The predicted molar refractivity (Wildman–Crippen MR) is 80.6 cm³/mol. The van der Waals surface area contributed by atoms with Crippen molar-refractivity contribution in [3.63, 3.8) is 0 Å². The number of nitrogens with one attached hydrogen (secondary N) is 1. The van der Waals surface area contributed by atoms with Gasteiger partial charge in [-0.1, -0.05) is 25.1 Å². The molecule has 0 saturated carbocycles. The first-order valence-corrected chi connectivity index (χ1v) is 7.66. The Balaban J connectivity index is 1.77. The van der Waals surface area contributed by atoms with Crippen molar-refractivity contribution in [2.24, 2.45) is 0 Å². The lowest BCUT2D eigenvalue weighted by Gasteiger charge is -2.39. The molecule has 19 heavy (non-hydrogen) atoms. The van der Waals surface area contributed by atoms with Gasteiger partial charge < -0.3 is 15.1 Å². The topological polar surface area (TPSA) is 18.5 Å². The number of fused-ring (bicyclic) bond motifs is 1. The standard InChI is InChI=1S/C16H25N3/c1-2-18-10-7-15(8-11-18)19-12-9-17-13-14-5-3-4-6-16(14)19/h3-6,15,17H,2,7-13H2,1H3. The van der Waals surface area contributed by atoms with Crippen LogP contribution in [-0.4, -0.2) is 43.7 Å². The highest BCUT2D eigenvalue weighted by Crippen LogP contribution is 2.27. The largest absolute Gasteiger partial charge is 0.367 e. The monoisotopic (exact) mass is 259 g/mol. The van der Waals surface area contributed by atoms with Gasteiger partial charge in [0.25, 0.3) is 0 Å². The summed E-state index contributed by atoms with van der Waals surface area (Å²) in [6.45, 7) is 9.24. The average Bonchev–Trinajstić information content (AvgIpc) is 2.70. The van der Waals surface area contributed by atoms with E-state index in [-0.39, 0.29) is 0 Å². The third-order valence-electron chi connectivity index (χ3n) is 4.59. The molecule has 2 aliphatic heterocycles. The zero-order valence-corrected chi connectivity index (χ0v) is 11.9. The van der Waals surface area contributed by atoms with Crippen LogP contribution in [0.1, 0.15) is 25.3 Å². The van der Waals surface area contributed by atoms with E-state index in [0.717, 1.165) is 25.7 Å². The molecule has 1 fully saturated rings. The average molecular weight is 259 g/mol. The van der Waals surface area contributed by atoms with Crippen molar-refractivity contribution in [3.05, 3.63) is 29.8 Å². The van der Waals surface area contributed by atoms with Crippen molar-refractivity contribution in [3.8, 4) is 0 Å². The zero-order chi connectivity index (χ0) is 13.1. The SMILES string of the molecule is CCN1CCC(N2CCNCc3ccccc32)CC1. The van der Waals surface area contributed by atoms with Gasteiger partial charge in [-0.3, -0.25) is 0 Å². The maximum Gasteiger partial charge on any atom is 0.0414 e. The van der Waals surface area contributed by atoms with Gasteiger partial charge in [0.1, 0.15) is 0 Å². The Labute approximate surface area is 116 Å². The zero-order valence-electron chi connectivity index (χ0n) is 11.9. The Hall–Kier alpha value is -1.06. The number of anilines is 1. The van der Waals surface area contributed by atoms with Crippen LogP contribution in [-0.2, 0) is 6.54 Å². The molecule has 0 amide bonds. The Morgan fingerprint density at radius 2 is 1.95 bits per heavy atom. The normalized spacial score (nSPS) is 22.1. The number of nitrogens with zero attached hydrogens (tertiary/aromatic N) is 2. The molecular formula is C16H25N3. The third-order valence-corrected chi connectivity index (χ3v) is 4.59. The molecule has 0 atom stereocenters. The predicted octanol–water partition coefficient (Wildman–Crippen LogP) is 2.08. The van der Waals surface area contributed by atoms with Crippen LogP contribution in [0, 0.1) is 0 Å². The molecule has 1 aromatic carbocycles. The first-order valence-electron chi connectivity index (χ1n) is 7.66. The Morgan fingerprint density at radius 3 is 2.74 bits per heavy atom. The number of hydrogen-bond acceptors (Lipinski definition) is 3. The summed E-state index contributed by atoms with van der Waals surface area (Å²) in [4.78, 5) is 5.22. The van der Waals surface area contributed by atoms with Crippen molar-refractivity contribution >= 4 is 5.69 Å². The lowest BCUT2D eigenvalue weighted by molar-refractivity contribution is 0.218. The van der Waals surface area contributed by atoms with Crippen LogP contribution in [0.15, 0.2) is 24.3 Å². The van der Waals surface area contributed by atoms with Crippen molar-refractivity contribution in [1.29, 1.82) is 0 Å². The maximum atomic E-state index is 3.54. The minimum Gasteiger partial charge on any atom is -0.367 e. The highest BCUT2D eigenvalue weighted by Gasteiger charge is 2.26. The van der Waals surface area contributed by atoms with E-state index >= 15 is 0 Å². The lowest BCUT2D eigenvalue weighted by atomic mass is 10.0. The molecule has 2 aliphatic rings. The second kappa shape index (κ2) is 5.93. The van der Waals surface area contributed by atoms with E-state index in [1.165, 1.54) is 43.7 Å². The van der Waals surface area contributed by atoms with Crippen LogP contribution in [0.3, 0.4) is 0 Å². The Kier molecular flexibility index (Phi) is 4.04. The molecule has 1 saturated heterocycles. The van der Waals surface area contributed by atoms with Gasteiger partial charge in [0.2, 0.25) is 0 Å². The number of rotatable bonds is 2. The molecule has 3 nitrogen and oxygen atoms in total. The second-order valence-electron chi connectivity index (χ2n) is 5.66. The first-order chi connectivity index (χ1) is 9.38. The summed E-state index contributed by atoms with van der Waals surface area (Å²) in [5, 5.41) is 3.54. The summed E-state index contributed by atoms with van der Waals surface area (Å²) in [5.41, 5.74) is 2.92. The van der Waals surface area contributed by atoms with Gasteiger partial charge in [-0.05, 0) is 31.0 Å². The van der Waals surface area contributed by atoms with Crippen LogP contribution in [0.25, 0.3) is 0 Å². The van der Waals surface area contributed by atoms with Crippen molar-refractivity contribution in [2.75, 3.05) is 37.6 Å². The Bertz CT molecular complexity index is 410. The molecular weight excluding hydrogens is 234 g/mol. The van der Waals surface area contributed by atoms with Crippen LogP contribution in [0.4, 0.5) is 5.69 Å². The van der Waals surface area contributed by atoms with Crippen LogP contribution in [0.2, 0.25) is 0 Å². The van der Waals surface area contributed by atoms with Crippen LogP contribution < -0.4 is 10.2 Å². The third kappa shape index (κ3) is 2.77. The fraction of sp³-hybridized carbons (Fsp3) is 0.625. The summed E-state index contributed by atoms with van der Waals surface area (Å²) in [5.74, 6) is 0. The summed E-state index contributed by atoms with van der Waals surface area (Å²) in [7, 11) is 0. The molecule has 0 radical (unpaired) electrons. The number of piperidine rings is 1. The molecule has 2 heterocycles. The van der Waals surface area contributed by atoms with E-state index in [9.17, 15) is 0 Å². The van der Waals surface area contributed by atoms with Gasteiger partial charge in [0.15, 0.2) is 0 Å². The van der Waals surface area contributed by atoms with E-state index in [2.05, 4.69) is 46.3 Å². The second-order valence-corrected chi connectivity index (χ2v) is 5.66. The number of para-hydroxylation sites is 1. The van der Waals surface area contributed by atoms with E-state index in [1.54, 1.807) is 0 Å². The highest BCUT2D eigenvalue weighted by atomic mass is 15.2.